The zero-order chi connectivity index (χ0) is 11.1. The second-order valence-corrected chi connectivity index (χ2v) is 5.00. The maximum atomic E-state index is 5.96. The van der Waals surface area contributed by atoms with Gasteiger partial charge in [-0.3, -0.25) is 0 Å². The van der Waals surface area contributed by atoms with Gasteiger partial charge in [0.25, 0.3) is 0 Å². The van der Waals surface area contributed by atoms with E-state index < -0.39 is 0 Å². The average Bonchev–Trinajstić information content (AvgIpc) is 2.29. The molecule has 0 aliphatic carbocycles. The number of halogens is 2. The van der Waals surface area contributed by atoms with E-state index in [0.717, 1.165) is 11.1 Å². The molecule has 1 aromatic rings. The number of rotatable bonds is 0. The lowest BCUT2D eigenvalue weighted by Gasteiger charge is -2.19. The molecule has 0 aromatic heterocycles. The zero-order valence-electron chi connectivity index (χ0n) is 8.68. The molecule has 2 rings (SSSR count). The third-order valence-electron chi connectivity index (χ3n) is 2.45. The predicted octanol–water partition coefficient (Wildman–Crippen LogP) is 4.32. The number of benzene rings is 1. The van der Waals surface area contributed by atoms with Gasteiger partial charge in [-0.05, 0) is 37.1 Å². The molecule has 0 radical (unpaired) electrons. The summed E-state index contributed by atoms with van der Waals surface area (Å²) in [6.07, 6.45) is 4.06. The van der Waals surface area contributed by atoms with E-state index in [1.165, 1.54) is 0 Å². The summed E-state index contributed by atoms with van der Waals surface area (Å²) in [6.45, 7) is 4.61. The summed E-state index contributed by atoms with van der Waals surface area (Å²) in [5.74, 6) is 0. The van der Waals surface area contributed by atoms with E-state index in [4.69, 9.17) is 27.9 Å². The van der Waals surface area contributed by atoms with Crippen molar-refractivity contribution in [3.8, 4) is 0 Å². The highest BCUT2D eigenvalue weighted by molar-refractivity contribution is 6.42. The minimum absolute atomic E-state index is 0.238. The quantitative estimate of drug-likeness (QED) is 0.659. The first-order valence-electron chi connectivity index (χ1n) is 4.79. The molecule has 0 amide bonds. The van der Waals surface area contributed by atoms with Gasteiger partial charge in [-0.2, -0.15) is 0 Å². The van der Waals surface area contributed by atoms with Crippen molar-refractivity contribution in [3.05, 3.63) is 39.4 Å². The summed E-state index contributed by atoms with van der Waals surface area (Å²) in [5, 5.41) is 1.16. The van der Waals surface area contributed by atoms with Gasteiger partial charge in [-0.25, -0.2) is 0 Å². The van der Waals surface area contributed by atoms with Crippen LogP contribution in [0, 0.1) is 0 Å². The van der Waals surface area contributed by atoms with Crippen LogP contribution in [0.4, 0.5) is 0 Å². The summed E-state index contributed by atoms with van der Waals surface area (Å²) in [5.41, 5.74) is 1.92. The summed E-state index contributed by atoms with van der Waals surface area (Å²) in [6, 6.07) is 3.74. The minimum Gasteiger partial charge on any atom is -0.367 e. The second-order valence-electron chi connectivity index (χ2n) is 4.19. The molecule has 1 nitrogen and oxygen atoms in total. The van der Waals surface area contributed by atoms with Gasteiger partial charge < -0.3 is 4.74 Å². The molecule has 0 saturated heterocycles. The molecule has 1 aliphatic rings. The molecule has 1 heterocycles. The van der Waals surface area contributed by atoms with Crippen molar-refractivity contribution in [3.63, 3.8) is 0 Å². The van der Waals surface area contributed by atoms with E-state index in [2.05, 4.69) is 0 Å². The van der Waals surface area contributed by atoms with Crippen LogP contribution in [0.1, 0.15) is 25.0 Å². The predicted molar refractivity (Wildman–Crippen MR) is 64.4 cm³/mol. The van der Waals surface area contributed by atoms with E-state index >= 15 is 0 Å². The topological polar surface area (TPSA) is 9.23 Å². The standard InChI is InChI=1S/C12H12Cl2O/c1-12(2)4-3-8-5-10(13)11(14)6-9(8)7-15-12/h3-6H,7H2,1-2H3. The smallest absolute Gasteiger partial charge is 0.0814 e. The Labute approximate surface area is 99.6 Å². The Kier molecular flexibility index (Phi) is 2.80. The van der Waals surface area contributed by atoms with E-state index in [1.54, 1.807) is 0 Å². The molecule has 1 aromatic carbocycles. The SMILES string of the molecule is CC1(C)C=Cc2cc(Cl)c(Cl)cc2CO1. The van der Waals surface area contributed by atoms with Crippen LogP contribution in [-0.2, 0) is 11.3 Å². The van der Waals surface area contributed by atoms with E-state index in [1.807, 2.05) is 38.1 Å². The minimum atomic E-state index is -0.238. The van der Waals surface area contributed by atoms with Crippen LogP contribution >= 0.6 is 23.2 Å². The molecule has 0 N–H and O–H groups in total. The molecule has 15 heavy (non-hydrogen) atoms. The monoisotopic (exact) mass is 242 g/mol. The molecule has 0 saturated carbocycles. The van der Waals surface area contributed by atoms with Gasteiger partial charge in [0.1, 0.15) is 0 Å². The zero-order valence-corrected chi connectivity index (χ0v) is 10.2. The van der Waals surface area contributed by atoms with Gasteiger partial charge in [0.05, 0.1) is 22.3 Å². The van der Waals surface area contributed by atoms with Crippen LogP contribution in [0.5, 0.6) is 0 Å². The van der Waals surface area contributed by atoms with Crippen LogP contribution in [-0.4, -0.2) is 5.60 Å². The molecule has 0 bridgehead atoms. The van der Waals surface area contributed by atoms with Crippen molar-refractivity contribution in [1.29, 1.82) is 0 Å². The summed E-state index contributed by atoms with van der Waals surface area (Å²) >= 11 is 11.9. The van der Waals surface area contributed by atoms with Crippen LogP contribution in [0.3, 0.4) is 0 Å². The lowest BCUT2D eigenvalue weighted by molar-refractivity contribution is 0.00901. The number of fused-ring (bicyclic) bond motifs is 1. The lowest BCUT2D eigenvalue weighted by Crippen LogP contribution is -2.19. The van der Waals surface area contributed by atoms with Gasteiger partial charge in [-0.1, -0.05) is 35.4 Å². The van der Waals surface area contributed by atoms with Gasteiger partial charge in [0, 0.05) is 0 Å². The molecule has 80 valence electrons. The average molecular weight is 243 g/mol. The summed E-state index contributed by atoms with van der Waals surface area (Å²) in [7, 11) is 0. The fourth-order valence-corrected chi connectivity index (χ4v) is 1.84. The number of hydrogen-bond acceptors (Lipinski definition) is 1. The normalized spacial score (nSPS) is 18.4. The molecule has 0 spiro atoms. The van der Waals surface area contributed by atoms with E-state index in [0.29, 0.717) is 16.7 Å². The Morgan fingerprint density at radius 1 is 1.20 bits per heavy atom. The highest BCUT2D eigenvalue weighted by atomic mass is 35.5. The first-order valence-corrected chi connectivity index (χ1v) is 5.55. The lowest BCUT2D eigenvalue weighted by atomic mass is 10.1. The Morgan fingerprint density at radius 3 is 2.60 bits per heavy atom. The van der Waals surface area contributed by atoms with Gasteiger partial charge in [-0.15, -0.1) is 0 Å². The van der Waals surface area contributed by atoms with Crippen molar-refractivity contribution in [1.82, 2.24) is 0 Å². The largest absolute Gasteiger partial charge is 0.367 e. The summed E-state index contributed by atoms with van der Waals surface area (Å²) < 4.78 is 5.72. The summed E-state index contributed by atoms with van der Waals surface area (Å²) in [4.78, 5) is 0. The van der Waals surface area contributed by atoms with Crippen LogP contribution in [0.2, 0.25) is 10.0 Å². The molecule has 1 aliphatic heterocycles. The van der Waals surface area contributed by atoms with E-state index in [9.17, 15) is 0 Å². The third-order valence-corrected chi connectivity index (χ3v) is 3.17. The maximum Gasteiger partial charge on any atom is 0.0814 e. The second kappa shape index (κ2) is 3.82. The van der Waals surface area contributed by atoms with Crippen molar-refractivity contribution >= 4 is 29.3 Å². The van der Waals surface area contributed by atoms with Gasteiger partial charge >= 0.3 is 0 Å². The Bertz CT molecular complexity index is 422. The van der Waals surface area contributed by atoms with Crippen molar-refractivity contribution < 1.29 is 4.74 Å². The van der Waals surface area contributed by atoms with E-state index in [-0.39, 0.29) is 5.60 Å². The first-order chi connectivity index (χ1) is 6.98. The van der Waals surface area contributed by atoms with Crippen LogP contribution in [0.15, 0.2) is 18.2 Å². The van der Waals surface area contributed by atoms with Crippen molar-refractivity contribution in [2.75, 3.05) is 0 Å². The van der Waals surface area contributed by atoms with Gasteiger partial charge in [0.2, 0.25) is 0 Å². The number of hydrogen-bond donors (Lipinski definition) is 0. The molecule has 0 atom stereocenters. The Morgan fingerprint density at radius 2 is 1.87 bits per heavy atom. The molecule has 0 fully saturated rings. The van der Waals surface area contributed by atoms with Crippen molar-refractivity contribution in [2.45, 2.75) is 26.1 Å². The van der Waals surface area contributed by atoms with Crippen LogP contribution in [0.25, 0.3) is 6.08 Å². The van der Waals surface area contributed by atoms with Gasteiger partial charge in [0.15, 0.2) is 0 Å². The first kappa shape index (κ1) is 11.0. The van der Waals surface area contributed by atoms with Crippen molar-refractivity contribution in [2.24, 2.45) is 0 Å². The fourth-order valence-electron chi connectivity index (χ4n) is 1.49. The molecular weight excluding hydrogens is 231 g/mol. The molecule has 3 heteroatoms. The Hall–Kier alpha value is -0.500. The molecular formula is C12H12Cl2O. The number of ether oxygens (including phenoxy) is 1. The highest BCUT2D eigenvalue weighted by Gasteiger charge is 2.19. The fraction of sp³-hybridized carbons (Fsp3) is 0.333. The Balaban J connectivity index is 2.47. The third kappa shape index (κ3) is 2.36. The highest BCUT2D eigenvalue weighted by Crippen LogP contribution is 2.30. The maximum absolute atomic E-state index is 5.96. The molecule has 0 unspecified atom stereocenters. The van der Waals surface area contributed by atoms with Crippen LogP contribution < -0.4 is 0 Å².